The molecule has 0 unspecified atom stereocenters. The Bertz CT molecular complexity index is 839. The molecule has 2 rings (SSSR count). The zero-order valence-electron chi connectivity index (χ0n) is 14.4. The summed E-state index contributed by atoms with van der Waals surface area (Å²) in [5.74, 6) is -1.000. The zero-order chi connectivity index (χ0) is 18.7. The first-order chi connectivity index (χ1) is 11.7. The Morgan fingerprint density at radius 1 is 1.28 bits per heavy atom. The van der Waals surface area contributed by atoms with E-state index in [0.29, 0.717) is 16.8 Å². The summed E-state index contributed by atoms with van der Waals surface area (Å²) >= 11 is 0. The van der Waals surface area contributed by atoms with Crippen LogP contribution in [0.15, 0.2) is 24.3 Å². The third kappa shape index (κ3) is 4.03. The molecular weight excluding hydrogens is 326 g/mol. The number of H-pyrrole nitrogens is 1. The topological polar surface area (TPSA) is 114 Å². The first kappa shape index (κ1) is 18.2. The minimum absolute atomic E-state index is 0.126. The van der Waals surface area contributed by atoms with E-state index in [2.05, 4.69) is 10.3 Å². The van der Waals surface area contributed by atoms with E-state index >= 15 is 0 Å². The van der Waals surface area contributed by atoms with Gasteiger partial charge in [0.25, 0.3) is 11.6 Å². The number of non-ortho nitro benzene ring substituents is 1. The number of amides is 1. The minimum Gasteiger partial charge on any atom is -0.459 e. The largest absolute Gasteiger partial charge is 0.459 e. The maximum Gasteiger partial charge on any atom is 0.340 e. The summed E-state index contributed by atoms with van der Waals surface area (Å²) in [6.45, 7) is 6.80. The monoisotopic (exact) mass is 345 g/mol. The van der Waals surface area contributed by atoms with E-state index in [9.17, 15) is 19.7 Å². The van der Waals surface area contributed by atoms with Crippen LogP contribution in [0.3, 0.4) is 0 Å². The van der Waals surface area contributed by atoms with Crippen molar-refractivity contribution >= 4 is 23.3 Å². The van der Waals surface area contributed by atoms with E-state index in [0.717, 1.165) is 0 Å². The van der Waals surface area contributed by atoms with Gasteiger partial charge in [0.05, 0.1) is 16.6 Å². The second-order valence-corrected chi connectivity index (χ2v) is 5.84. The minimum atomic E-state index is -0.542. The van der Waals surface area contributed by atoms with Crippen molar-refractivity contribution in [3.8, 4) is 0 Å². The molecule has 8 nitrogen and oxygen atoms in total. The second-order valence-electron chi connectivity index (χ2n) is 5.84. The second kappa shape index (κ2) is 7.16. The van der Waals surface area contributed by atoms with Crippen molar-refractivity contribution < 1.29 is 19.2 Å². The number of carbonyl (C=O) groups is 2. The van der Waals surface area contributed by atoms with Crippen LogP contribution in [0.1, 0.15) is 46.0 Å². The van der Waals surface area contributed by atoms with Crippen LogP contribution in [0.5, 0.6) is 0 Å². The number of hydrogen-bond acceptors (Lipinski definition) is 5. The summed E-state index contributed by atoms with van der Waals surface area (Å²) < 4.78 is 5.19. The number of nitro benzene ring substituents is 1. The molecule has 132 valence electrons. The van der Waals surface area contributed by atoms with Crippen molar-refractivity contribution in [2.24, 2.45) is 0 Å². The molecule has 25 heavy (non-hydrogen) atoms. The molecule has 8 heteroatoms. The number of esters is 1. The number of anilines is 1. The van der Waals surface area contributed by atoms with E-state index in [1.165, 1.54) is 18.2 Å². The first-order valence-electron chi connectivity index (χ1n) is 7.66. The van der Waals surface area contributed by atoms with Gasteiger partial charge in [-0.3, -0.25) is 14.9 Å². The maximum absolute atomic E-state index is 12.5. The van der Waals surface area contributed by atoms with E-state index < -0.39 is 16.8 Å². The lowest BCUT2D eigenvalue weighted by Crippen LogP contribution is -2.15. The fourth-order valence-corrected chi connectivity index (χ4v) is 2.45. The molecule has 0 atom stereocenters. The molecule has 1 heterocycles. The summed E-state index contributed by atoms with van der Waals surface area (Å²) in [4.78, 5) is 37.8. The lowest BCUT2D eigenvalue weighted by molar-refractivity contribution is -0.384. The van der Waals surface area contributed by atoms with Gasteiger partial charge in [-0.1, -0.05) is 6.07 Å². The number of carbonyl (C=O) groups excluding carboxylic acids is 2. The van der Waals surface area contributed by atoms with E-state index in [1.54, 1.807) is 33.8 Å². The van der Waals surface area contributed by atoms with Crippen molar-refractivity contribution in [1.82, 2.24) is 4.98 Å². The first-order valence-corrected chi connectivity index (χ1v) is 7.66. The molecule has 0 radical (unpaired) electrons. The number of nitro groups is 1. The number of nitrogens with zero attached hydrogens (tertiary/aromatic N) is 1. The predicted octanol–water partition coefficient (Wildman–Crippen LogP) is 3.36. The average molecular weight is 345 g/mol. The summed E-state index contributed by atoms with van der Waals surface area (Å²) in [5, 5.41) is 13.4. The SMILES string of the molecule is Cc1[nH]c(C(=O)Nc2cccc([N+](=O)[O-])c2)c(C)c1C(=O)OC(C)C. The molecule has 0 fully saturated rings. The highest BCUT2D eigenvalue weighted by Crippen LogP contribution is 2.22. The molecule has 0 saturated heterocycles. The van der Waals surface area contributed by atoms with Crippen molar-refractivity contribution in [1.29, 1.82) is 0 Å². The van der Waals surface area contributed by atoms with Crippen molar-refractivity contribution in [3.05, 3.63) is 56.9 Å². The highest BCUT2D eigenvalue weighted by Gasteiger charge is 2.23. The molecule has 1 aromatic carbocycles. The van der Waals surface area contributed by atoms with Crippen LogP contribution in [0.25, 0.3) is 0 Å². The molecule has 0 bridgehead atoms. The van der Waals surface area contributed by atoms with Gasteiger partial charge in [-0.2, -0.15) is 0 Å². The summed E-state index contributed by atoms with van der Waals surface area (Å²) in [6.07, 6.45) is -0.275. The Morgan fingerprint density at radius 3 is 2.56 bits per heavy atom. The fraction of sp³-hybridized carbons (Fsp3) is 0.294. The number of aryl methyl sites for hydroxylation is 1. The Morgan fingerprint density at radius 2 is 1.96 bits per heavy atom. The van der Waals surface area contributed by atoms with Crippen LogP contribution in [-0.2, 0) is 4.74 Å². The molecule has 0 aliphatic rings. The Balaban J connectivity index is 2.27. The smallest absolute Gasteiger partial charge is 0.340 e. The van der Waals surface area contributed by atoms with Gasteiger partial charge in [0.2, 0.25) is 0 Å². The molecule has 0 saturated carbocycles. The van der Waals surface area contributed by atoms with Gasteiger partial charge in [-0.25, -0.2) is 4.79 Å². The Hall–Kier alpha value is -3.16. The lowest BCUT2D eigenvalue weighted by Gasteiger charge is -2.08. The normalized spacial score (nSPS) is 10.6. The third-order valence-electron chi connectivity index (χ3n) is 3.53. The highest BCUT2D eigenvalue weighted by atomic mass is 16.6. The van der Waals surface area contributed by atoms with Gasteiger partial charge in [0, 0.05) is 23.5 Å². The number of aromatic nitrogens is 1. The van der Waals surface area contributed by atoms with Crippen molar-refractivity contribution in [2.45, 2.75) is 33.8 Å². The number of rotatable bonds is 5. The fourth-order valence-electron chi connectivity index (χ4n) is 2.45. The average Bonchev–Trinajstić information content (AvgIpc) is 2.81. The number of nitrogens with one attached hydrogen (secondary N) is 2. The molecule has 0 aliphatic carbocycles. The van der Waals surface area contributed by atoms with Gasteiger partial charge in [0.1, 0.15) is 5.69 Å². The summed E-state index contributed by atoms with van der Waals surface area (Å²) in [7, 11) is 0. The molecule has 1 aromatic heterocycles. The van der Waals surface area contributed by atoms with E-state index in [-0.39, 0.29) is 23.2 Å². The van der Waals surface area contributed by atoms with Crippen molar-refractivity contribution in [2.75, 3.05) is 5.32 Å². The van der Waals surface area contributed by atoms with Crippen LogP contribution in [0, 0.1) is 24.0 Å². The van der Waals surface area contributed by atoms with Gasteiger partial charge < -0.3 is 15.0 Å². The van der Waals surface area contributed by atoms with Gasteiger partial charge in [-0.05, 0) is 39.3 Å². The maximum atomic E-state index is 12.5. The van der Waals surface area contributed by atoms with Crippen LogP contribution < -0.4 is 5.32 Å². The molecule has 0 spiro atoms. The third-order valence-corrected chi connectivity index (χ3v) is 3.53. The van der Waals surface area contributed by atoms with E-state index in [4.69, 9.17) is 4.74 Å². The van der Waals surface area contributed by atoms with Crippen LogP contribution in [-0.4, -0.2) is 27.9 Å². The quantitative estimate of drug-likeness (QED) is 0.490. The highest BCUT2D eigenvalue weighted by molar-refractivity contribution is 6.07. The van der Waals surface area contributed by atoms with Crippen LogP contribution in [0.2, 0.25) is 0 Å². The number of hydrogen-bond donors (Lipinski definition) is 2. The molecule has 2 aromatic rings. The van der Waals surface area contributed by atoms with Crippen LogP contribution in [0.4, 0.5) is 11.4 Å². The zero-order valence-corrected chi connectivity index (χ0v) is 14.4. The Labute approximate surface area is 144 Å². The standard InChI is InChI=1S/C17H19N3O5/c1-9(2)25-17(22)14-10(3)15(18-11(14)4)16(21)19-12-6-5-7-13(8-12)20(23)24/h5-9,18H,1-4H3,(H,19,21). The van der Waals surface area contributed by atoms with Gasteiger partial charge >= 0.3 is 5.97 Å². The molecule has 2 N–H and O–H groups in total. The van der Waals surface area contributed by atoms with Crippen LogP contribution >= 0.6 is 0 Å². The summed E-state index contributed by atoms with van der Waals surface area (Å²) in [6, 6.07) is 5.62. The molecule has 0 aliphatic heterocycles. The van der Waals surface area contributed by atoms with E-state index in [1.807, 2.05) is 0 Å². The van der Waals surface area contributed by atoms with Gasteiger partial charge in [-0.15, -0.1) is 0 Å². The molecule has 1 amide bonds. The summed E-state index contributed by atoms with van der Waals surface area (Å²) in [5.41, 5.74) is 1.67. The molecular formula is C17H19N3O5. The van der Waals surface area contributed by atoms with Gasteiger partial charge in [0.15, 0.2) is 0 Å². The lowest BCUT2D eigenvalue weighted by atomic mass is 10.1. The number of benzene rings is 1. The Kier molecular flexibility index (Phi) is 5.21. The van der Waals surface area contributed by atoms with Crippen molar-refractivity contribution in [3.63, 3.8) is 0 Å². The number of ether oxygens (including phenoxy) is 1. The predicted molar refractivity (Wildman–Crippen MR) is 91.9 cm³/mol. The number of aromatic amines is 1.